The molecule has 2 aromatic carbocycles. The lowest BCUT2D eigenvalue weighted by molar-refractivity contribution is 0.596. The van der Waals surface area contributed by atoms with Gasteiger partial charge < -0.3 is 5.32 Å². The third-order valence-electron chi connectivity index (χ3n) is 3.68. The van der Waals surface area contributed by atoms with Gasteiger partial charge in [0.1, 0.15) is 0 Å². The first-order valence-electron chi connectivity index (χ1n) is 6.74. The Balaban J connectivity index is 2.00. The molecule has 2 unspecified atom stereocenters. The minimum absolute atomic E-state index is 0.448. The summed E-state index contributed by atoms with van der Waals surface area (Å²) in [6.07, 6.45) is 0. The summed E-state index contributed by atoms with van der Waals surface area (Å²) in [6, 6.07) is 15.8. The molecule has 1 aliphatic rings. The van der Waals surface area contributed by atoms with E-state index in [0.29, 0.717) is 11.3 Å². The second-order valence-electron chi connectivity index (χ2n) is 4.82. The van der Waals surface area contributed by atoms with Gasteiger partial charge in [0, 0.05) is 28.6 Å². The number of hydrogen-bond donors (Lipinski definition) is 1. The lowest BCUT2D eigenvalue weighted by Crippen LogP contribution is -2.31. The van der Waals surface area contributed by atoms with Crippen LogP contribution in [0.2, 0.25) is 0 Å². The van der Waals surface area contributed by atoms with Crippen molar-refractivity contribution in [2.45, 2.75) is 11.3 Å². The van der Waals surface area contributed by atoms with Gasteiger partial charge in [-0.15, -0.1) is 0 Å². The largest absolute Gasteiger partial charge is 0.312 e. The van der Waals surface area contributed by atoms with Crippen molar-refractivity contribution >= 4 is 34.3 Å². The van der Waals surface area contributed by atoms with E-state index in [1.54, 1.807) is 0 Å². The number of hydrogen-bond acceptors (Lipinski definition) is 3. The van der Waals surface area contributed by atoms with Crippen LogP contribution in [0.4, 0.5) is 0 Å². The summed E-state index contributed by atoms with van der Waals surface area (Å²) in [5, 5.41) is 6.95. The molecular formula is C16H19NS2. The van der Waals surface area contributed by atoms with E-state index in [1.807, 2.05) is 0 Å². The molecule has 0 aliphatic carbocycles. The third kappa shape index (κ3) is 2.78. The van der Waals surface area contributed by atoms with Crippen LogP contribution in [0.15, 0.2) is 42.5 Å². The van der Waals surface area contributed by atoms with E-state index < -0.39 is 0 Å². The van der Waals surface area contributed by atoms with E-state index in [-0.39, 0.29) is 0 Å². The zero-order valence-corrected chi connectivity index (χ0v) is 12.8. The van der Waals surface area contributed by atoms with Gasteiger partial charge in [-0.25, -0.2) is 0 Å². The second kappa shape index (κ2) is 6.21. The summed E-state index contributed by atoms with van der Waals surface area (Å²) in [6.45, 7) is 0. The maximum atomic E-state index is 3.55. The van der Waals surface area contributed by atoms with Gasteiger partial charge in [-0.1, -0.05) is 42.5 Å². The summed E-state index contributed by atoms with van der Waals surface area (Å²) in [5.41, 5.74) is 1.45. The molecule has 1 nitrogen and oxygen atoms in total. The fourth-order valence-corrected chi connectivity index (χ4v) is 5.66. The van der Waals surface area contributed by atoms with E-state index in [2.05, 4.69) is 78.4 Å². The molecule has 100 valence electrons. The van der Waals surface area contributed by atoms with E-state index in [1.165, 1.54) is 33.6 Å². The molecule has 1 N–H and O–H groups in total. The molecule has 2 aromatic rings. The Kier molecular flexibility index (Phi) is 4.36. The minimum Gasteiger partial charge on any atom is -0.312 e. The predicted octanol–water partition coefficient (Wildman–Crippen LogP) is 3.95. The number of benzene rings is 2. The fourth-order valence-electron chi connectivity index (χ4n) is 2.76. The van der Waals surface area contributed by atoms with Gasteiger partial charge in [-0.2, -0.15) is 23.5 Å². The van der Waals surface area contributed by atoms with Gasteiger partial charge in [0.2, 0.25) is 0 Å². The standard InChI is InChI=1S/C16H19NS2/c1-17-16(15-11-18-9-10-19-15)14-8-4-6-12-5-2-3-7-13(12)14/h2-8,15-17H,9-11H2,1H3. The Morgan fingerprint density at radius 3 is 2.74 bits per heavy atom. The van der Waals surface area contributed by atoms with Crippen molar-refractivity contribution in [2.75, 3.05) is 24.3 Å². The van der Waals surface area contributed by atoms with E-state index >= 15 is 0 Å². The molecule has 0 bridgehead atoms. The lowest BCUT2D eigenvalue weighted by atomic mass is 9.97. The van der Waals surface area contributed by atoms with Gasteiger partial charge in [-0.3, -0.25) is 0 Å². The highest BCUT2D eigenvalue weighted by Crippen LogP contribution is 2.35. The Hall–Kier alpha value is -0.640. The van der Waals surface area contributed by atoms with Crippen molar-refractivity contribution < 1.29 is 0 Å². The summed E-state index contributed by atoms with van der Waals surface area (Å²) in [7, 11) is 2.09. The molecule has 0 aromatic heterocycles. The van der Waals surface area contributed by atoms with E-state index in [9.17, 15) is 0 Å². The van der Waals surface area contributed by atoms with Crippen molar-refractivity contribution in [3.63, 3.8) is 0 Å². The molecule has 19 heavy (non-hydrogen) atoms. The number of rotatable bonds is 3. The molecule has 2 atom stereocenters. The normalized spacial score (nSPS) is 21.4. The van der Waals surface area contributed by atoms with Crippen LogP contribution < -0.4 is 5.32 Å². The number of nitrogens with one attached hydrogen (secondary N) is 1. The molecule has 3 rings (SSSR count). The van der Waals surface area contributed by atoms with E-state index in [0.717, 1.165) is 0 Å². The van der Waals surface area contributed by atoms with Crippen LogP contribution in [0.5, 0.6) is 0 Å². The van der Waals surface area contributed by atoms with Gasteiger partial charge in [-0.05, 0) is 23.4 Å². The Morgan fingerprint density at radius 1 is 1.11 bits per heavy atom. The average Bonchev–Trinajstić information content (AvgIpc) is 2.49. The quantitative estimate of drug-likeness (QED) is 0.919. The summed E-state index contributed by atoms with van der Waals surface area (Å²) in [4.78, 5) is 0. The van der Waals surface area contributed by atoms with Crippen molar-refractivity contribution in [1.82, 2.24) is 5.32 Å². The molecule has 1 aliphatic heterocycles. The molecular weight excluding hydrogens is 270 g/mol. The summed E-state index contributed by atoms with van der Waals surface area (Å²) < 4.78 is 0. The van der Waals surface area contributed by atoms with Gasteiger partial charge in [0.25, 0.3) is 0 Å². The van der Waals surface area contributed by atoms with Crippen LogP contribution in [0.1, 0.15) is 11.6 Å². The molecule has 0 amide bonds. The highest BCUT2D eigenvalue weighted by molar-refractivity contribution is 8.06. The van der Waals surface area contributed by atoms with Crippen molar-refractivity contribution in [1.29, 1.82) is 0 Å². The number of thioether (sulfide) groups is 2. The molecule has 1 fully saturated rings. The maximum absolute atomic E-state index is 3.55. The average molecular weight is 289 g/mol. The van der Waals surface area contributed by atoms with Crippen LogP contribution in [0, 0.1) is 0 Å². The molecule has 0 spiro atoms. The van der Waals surface area contributed by atoms with Crippen LogP contribution in [0.3, 0.4) is 0 Å². The molecule has 1 heterocycles. The SMILES string of the molecule is CNC(c1cccc2ccccc12)C1CSCCS1. The topological polar surface area (TPSA) is 12.0 Å². The van der Waals surface area contributed by atoms with Gasteiger partial charge >= 0.3 is 0 Å². The summed E-state index contributed by atoms with van der Waals surface area (Å²) in [5.74, 6) is 3.82. The van der Waals surface area contributed by atoms with Crippen LogP contribution >= 0.6 is 23.5 Å². The first-order valence-corrected chi connectivity index (χ1v) is 8.95. The summed E-state index contributed by atoms with van der Waals surface area (Å²) >= 11 is 4.20. The molecule has 1 saturated heterocycles. The lowest BCUT2D eigenvalue weighted by Gasteiger charge is -2.30. The smallest absolute Gasteiger partial charge is 0.0452 e. The predicted molar refractivity (Wildman–Crippen MR) is 89.3 cm³/mol. The number of fused-ring (bicyclic) bond motifs is 1. The Bertz CT molecular complexity index is 544. The van der Waals surface area contributed by atoms with Gasteiger partial charge in [0.15, 0.2) is 0 Å². The maximum Gasteiger partial charge on any atom is 0.0452 e. The van der Waals surface area contributed by atoms with E-state index in [4.69, 9.17) is 0 Å². The third-order valence-corrected chi connectivity index (χ3v) is 6.55. The van der Waals surface area contributed by atoms with Crippen molar-refractivity contribution in [3.8, 4) is 0 Å². The first kappa shape index (κ1) is 13.3. The monoisotopic (exact) mass is 289 g/mol. The fraction of sp³-hybridized carbons (Fsp3) is 0.375. The minimum atomic E-state index is 0.448. The second-order valence-corrected chi connectivity index (χ2v) is 7.32. The van der Waals surface area contributed by atoms with Crippen LogP contribution in [-0.2, 0) is 0 Å². The Labute approximate surface area is 123 Å². The van der Waals surface area contributed by atoms with Crippen LogP contribution in [-0.4, -0.2) is 29.6 Å². The molecule has 0 radical (unpaired) electrons. The van der Waals surface area contributed by atoms with Gasteiger partial charge in [0.05, 0.1) is 0 Å². The van der Waals surface area contributed by atoms with Crippen LogP contribution in [0.25, 0.3) is 10.8 Å². The zero-order chi connectivity index (χ0) is 13.1. The first-order chi connectivity index (χ1) is 9.40. The highest BCUT2D eigenvalue weighted by atomic mass is 32.2. The highest BCUT2D eigenvalue weighted by Gasteiger charge is 2.25. The molecule has 0 saturated carbocycles. The Morgan fingerprint density at radius 2 is 1.95 bits per heavy atom. The zero-order valence-electron chi connectivity index (χ0n) is 11.1. The van der Waals surface area contributed by atoms with Crippen molar-refractivity contribution in [3.05, 3.63) is 48.0 Å². The van der Waals surface area contributed by atoms with Crippen molar-refractivity contribution in [2.24, 2.45) is 0 Å². The molecule has 3 heteroatoms.